The van der Waals surface area contributed by atoms with Gasteiger partial charge in [-0.1, -0.05) is 13.3 Å². The number of rotatable bonds is 3. The van der Waals surface area contributed by atoms with E-state index in [1.807, 2.05) is 0 Å². The number of nitrogens with zero attached hydrogens (tertiary/aromatic N) is 1. The Morgan fingerprint density at radius 2 is 2.22 bits per heavy atom. The first-order valence-electron chi connectivity index (χ1n) is 6.43. The molecule has 1 heterocycles. The number of carbonyl (C=O) groups is 1. The van der Waals surface area contributed by atoms with Crippen molar-refractivity contribution >= 4 is 5.97 Å². The predicted octanol–water partition coefficient (Wildman–Crippen LogP) is 3.05. The van der Waals surface area contributed by atoms with Crippen LogP contribution in [0.25, 0.3) is 0 Å². The van der Waals surface area contributed by atoms with Crippen LogP contribution in [0.2, 0.25) is 0 Å². The Bertz CT molecular complexity index is 445. The van der Waals surface area contributed by atoms with Crippen LogP contribution in [-0.2, 0) is 0 Å². The summed E-state index contributed by atoms with van der Waals surface area (Å²) >= 11 is 0. The summed E-state index contributed by atoms with van der Waals surface area (Å²) in [7, 11) is 0. The van der Waals surface area contributed by atoms with E-state index in [9.17, 15) is 4.79 Å². The van der Waals surface area contributed by atoms with Gasteiger partial charge in [0.2, 0.25) is 5.88 Å². The van der Waals surface area contributed by atoms with Gasteiger partial charge in [0.1, 0.15) is 6.10 Å². The van der Waals surface area contributed by atoms with E-state index in [-0.39, 0.29) is 11.7 Å². The Balaban J connectivity index is 2.10. The number of aryl methyl sites for hydroxylation is 1. The summed E-state index contributed by atoms with van der Waals surface area (Å²) in [4.78, 5) is 15.2. The SMILES string of the molecule is Cc1cc(C(=O)O)cc(OC2CCCC(C)C2)n1. The zero-order chi connectivity index (χ0) is 13.1. The number of ether oxygens (including phenoxy) is 1. The van der Waals surface area contributed by atoms with Crippen LogP contribution in [0.15, 0.2) is 12.1 Å². The Morgan fingerprint density at radius 3 is 2.89 bits per heavy atom. The Kier molecular flexibility index (Phi) is 3.84. The third-order valence-corrected chi connectivity index (χ3v) is 3.35. The van der Waals surface area contributed by atoms with Crippen LogP contribution >= 0.6 is 0 Å². The summed E-state index contributed by atoms with van der Waals surface area (Å²) in [5.41, 5.74) is 0.912. The molecule has 1 aromatic rings. The first-order chi connectivity index (χ1) is 8.54. The maximum absolute atomic E-state index is 11.0. The second-order valence-electron chi connectivity index (χ2n) is 5.15. The molecule has 1 N–H and O–H groups in total. The van der Waals surface area contributed by atoms with Crippen molar-refractivity contribution in [1.29, 1.82) is 0 Å². The van der Waals surface area contributed by atoms with Crippen molar-refractivity contribution in [1.82, 2.24) is 4.98 Å². The highest BCUT2D eigenvalue weighted by Gasteiger charge is 2.21. The van der Waals surface area contributed by atoms with E-state index in [1.165, 1.54) is 18.9 Å². The quantitative estimate of drug-likeness (QED) is 0.894. The average Bonchev–Trinajstić information content (AvgIpc) is 2.28. The Hall–Kier alpha value is -1.58. The molecule has 0 saturated heterocycles. The van der Waals surface area contributed by atoms with Gasteiger partial charge in [0.15, 0.2) is 0 Å². The fourth-order valence-electron chi connectivity index (χ4n) is 2.48. The normalized spacial score (nSPS) is 23.7. The lowest BCUT2D eigenvalue weighted by Gasteiger charge is -2.27. The molecule has 1 aliphatic carbocycles. The zero-order valence-corrected chi connectivity index (χ0v) is 10.8. The molecule has 0 amide bonds. The Morgan fingerprint density at radius 1 is 1.44 bits per heavy atom. The molecule has 18 heavy (non-hydrogen) atoms. The van der Waals surface area contributed by atoms with Crippen molar-refractivity contribution < 1.29 is 14.6 Å². The molecule has 1 fully saturated rings. The third kappa shape index (κ3) is 3.22. The highest BCUT2D eigenvalue weighted by Crippen LogP contribution is 2.27. The molecule has 0 radical (unpaired) electrons. The zero-order valence-electron chi connectivity index (χ0n) is 10.8. The fraction of sp³-hybridized carbons (Fsp3) is 0.571. The molecule has 2 atom stereocenters. The smallest absolute Gasteiger partial charge is 0.335 e. The third-order valence-electron chi connectivity index (χ3n) is 3.35. The van der Waals surface area contributed by atoms with Crippen LogP contribution in [0.3, 0.4) is 0 Å². The van der Waals surface area contributed by atoms with Crippen LogP contribution in [0.5, 0.6) is 5.88 Å². The predicted molar refractivity (Wildman–Crippen MR) is 68.0 cm³/mol. The second-order valence-corrected chi connectivity index (χ2v) is 5.15. The molecule has 0 aliphatic heterocycles. The maximum atomic E-state index is 11.0. The van der Waals surface area contributed by atoms with Crippen molar-refractivity contribution in [3.05, 3.63) is 23.4 Å². The summed E-state index contributed by atoms with van der Waals surface area (Å²) in [6.45, 7) is 4.00. The molecule has 0 spiro atoms. The van der Waals surface area contributed by atoms with Crippen molar-refractivity contribution in [3.8, 4) is 5.88 Å². The molecular formula is C14H19NO3. The van der Waals surface area contributed by atoms with Gasteiger partial charge in [0.25, 0.3) is 0 Å². The lowest BCUT2D eigenvalue weighted by Crippen LogP contribution is -2.24. The monoisotopic (exact) mass is 249 g/mol. The van der Waals surface area contributed by atoms with E-state index in [4.69, 9.17) is 9.84 Å². The van der Waals surface area contributed by atoms with E-state index < -0.39 is 5.97 Å². The topological polar surface area (TPSA) is 59.4 Å². The average molecular weight is 249 g/mol. The molecule has 98 valence electrons. The Labute approximate surface area is 107 Å². The molecule has 2 unspecified atom stereocenters. The van der Waals surface area contributed by atoms with E-state index in [1.54, 1.807) is 13.0 Å². The van der Waals surface area contributed by atoms with E-state index in [0.29, 0.717) is 17.5 Å². The van der Waals surface area contributed by atoms with Gasteiger partial charge >= 0.3 is 5.97 Å². The van der Waals surface area contributed by atoms with Crippen LogP contribution in [0.4, 0.5) is 0 Å². The van der Waals surface area contributed by atoms with Crippen LogP contribution in [-0.4, -0.2) is 22.2 Å². The molecule has 1 aromatic heterocycles. The van der Waals surface area contributed by atoms with Crippen molar-refractivity contribution in [2.45, 2.75) is 45.6 Å². The molecular weight excluding hydrogens is 230 g/mol. The van der Waals surface area contributed by atoms with Gasteiger partial charge in [-0.3, -0.25) is 0 Å². The maximum Gasteiger partial charge on any atom is 0.335 e. The van der Waals surface area contributed by atoms with Crippen molar-refractivity contribution in [2.75, 3.05) is 0 Å². The number of hydrogen-bond acceptors (Lipinski definition) is 3. The van der Waals surface area contributed by atoms with Gasteiger partial charge in [-0.15, -0.1) is 0 Å². The number of hydrogen-bond donors (Lipinski definition) is 1. The summed E-state index contributed by atoms with van der Waals surface area (Å²) in [6.07, 6.45) is 4.65. The van der Waals surface area contributed by atoms with Crippen LogP contribution < -0.4 is 4.74 Å². The van der Waals surface area contributed by atoms with Gasteiger partial charge in [0.05, 0.1) is 5.56 Å². The first-order valence-corrected chi connectivity index (χ1v) is 6.43. The molecule has 4 heteroatoms. The molecule has 2 rings (SSSR count). The highest BCUT2D eigenvalue weighted by molar-refractivity contribution is 5.87. The van der Waals surface area contributed by atoms with Crippen molar-refractivity contribution in [3.63, 3.8) is 0 Å². The van der Waals surface area contributed by atoms with Gasteiger partial charge in [-0.25, -0.2) is 9.78 Å². The number of aromatic nitrogens is 1. The van der Waals surface area contributed by atoms with Crippen LogP contribution in [0, 0.1) is 12.8 Å². The molecule has 1 aliphatic rings. The van der Waals surface area contributed by atoms with E-state index in [2.05, 4.69) is 11.9 Å². The summed E-state index contributed by atoms with van der Waals surface area (Å²) in [5.74, 6) is 0.168. The lowest BCUT2D eigenvalue weighted by atomic mass is 9.89. The minimum absolute atomic E-state index is 0.171. The second kappa shape index (κ2) is 5.38. The van der Waals surface area contributed by atoms with Gasteiger partial charge < -0.3 is 9.84 Å². The number of aromatic carboxylic acids is 1. The largest absolute Gasteiger partial charge is 0.478 e. The molecule has 4 nitrogen and oxygen atoms in total. The standard InChI is InChI=1S/C14H19NO3/c1-9-4-3-5-12(6-9)18-13-8-11(14(16)17)7-10(2)15-13/h7-9,12H,3-6H2,1-2H3,(H,16,17). The van der Waals surface area contributed by atoms with Crippen LogP contribution in [0.1, 0.15) is 48.7 Å². The summed E-state index contributed by atoms with van der Waals surface area (Å²) in [6, 6.07) is 3.06. The molecule has 0 aromatic carbocycles. The fourth-order valence-corrected chi connectivity index (χ4v) is 2.48. The van der Waals surface area contributed by atoms with E-state index >= 15 is 0 Å². The number of carboxylic acids is 1. The van der Waals surface area contributed by atoms with Crippen molar-refractivity contribution in [2.24, 2.45) is 5.92 Å². The minimum Gasteiger partial charge on any atom is -0.478 e. The summed E-state index contributed by atoms with van der Waals surface area (Å²) in [5, 5.41) is 9.00. The minimum atomic E-state index is -0.942. The van der Waals surface area contributed by atoms with Gasteiger partial charge in [0, 0.05) is 11.8 Å². The molecule has 0 bridgehead atoms. The lowest BCUT2D eigenvalue weighted by molar-refractivity contribution is 0.0694. The first kappa shape index (κ1) is 12.9. The van der Waals surface area contributed by atoms with E-state index in [0.717, 1.165) is 12.8 Å². The van der Waals surface area contributed by atoms with Gasteiger partial charge in [-0.2, -0.15) is 0 Å². The number of carboxylic acid groups (broad SMARTS) is 1. The highest BCUT2D eigenvalue weighted by atomic mass is 16.5. The van der Waals surface area contributed by atoms with Gasteiger partial charge in [-0.05, 0) is 38.2 Å². The summed E-state index contributed by atoms with van der Waals surface area (Å²) < 4.78 is 5.82. The number of pyridine rings is 1. The molecule has 1 saturated carbocycles.